The monoisotopic (exact) mass is 161 g/mol. The normalized spacial score (nSPS) is 16.5. The number of nitrogens with one attached hydrogen (secondary N) is 1. The maximum absolute atomic E-state index is 9.37. The van der Waals surface area contributed by atoms with Gasteiger partial charge in [0.05, 0.1) is 13.2 Å². The Balaban J connectivity index is 0.000000187. The minimum atomic E-state index is -0.745. The number of rotatable bonds is 1. The molecule has 0 amide bonds. The first-order valence-corrected chi connectivity index (χ1v) is 3.77. The Hall–Kier alpha value is -0.610. The molecule has 1 rings (SSSR count). The number of hydrogen-bond acceptors (Lipinski definition) is 3. The molecule has 0 spiro atoms. The van der Waals surface area contributed by atoms with Crippen molar-refractivity contribution in [2.45, 2.75) is 13.3 Å². The summed E-state index contributed by atoms with van der Waals surface area (Å²) in [6, 6.07) is 0. The van der Waals surface area contributed by atoms with E-state index in [4.69, 9.17) is 9.84 Å². The molecule has 0 aromatic rings. The topological polar surface area (TPSA) is 58.6 Å². The van der Waals surface area contributed by atoms with Crippen LogP contribution in [0.2, 0.25) is 0 Å². The number of carboxylic acids is 1. The molecule has 1 saturated heterocycles. The molecule has 4 heteroatoms. The van der Waals surface area contributed by atoms with Gasteiger partial charge in [-0.3, -0.25) is 4.79 Å². The van der Waals surface area contributed by atoms with Crippen molar-refractivity contribution in [2.75, 3.05) is 26.3 Å². The Morgan fingerprint density at radius 3 is 2.09 bits per heavy atom. The highest BCUT2D eigenvalue weighted by molar-refractivity contribution is 5.66. The average Bonchev–Trinajstić information content (AvgIpc) is 2.09. The molecule has 1 fully saturated rings. The fourth-order valence-electron chi connectivity index (χ4n) is 0.516. The van der Waals surface area contributed by atoms with Crippen molar-refractivity contribution in [1.82, 2.24) is 5.32 Å². The quantitative estimate of drug-likeness (QED) is 0.572. The van der Waals surface area contributed by atoms with E-state index in [1.807, 2.05) is 0 Å². The van der Waals surface area contributed by atoms with Crippen molar-refractivity contribution in [2.24, 2.45) is 0 Å². The average molecular weight is 161 g/mol. The highest BCUT2D eigenvalue weighted by Gasteiger charge is 1.92. The van der Waals surface area contributed by atoms with Crippen LogP contribution in [0.25, 0.3) is 0 Å². The van der Waals surface area contributed by atoms with Gasteiger partial charge in [0, 0.05) is 19.5 Å². The first-order chi connectivity index (χ1) is 5.27. The largest absolute Gasteiger partial charge is 0.481 e. The number of morpholine rings is 1. The van der Waals surface area contributed by atoms with E-state index in [2.05, 4.69) is 5.32 Å². The second-order valence-corrected chi connectivity index (χ2v) is 2.11. The van der Waals surface area contributed by atoms with E-state index in [0.717, 1.165) is 26.3 Å². The maximum Gasteiger partial charge on any atom is 0.303 e. The lowest BCUT2D eigenvalue weighted by molar-refractivity contribution is -0.136. The molecule has 1 heterocycles. The van der Waals surface area contributed by atoms with Crippen LogP contribution in [0.5, 0.6) is 0 Å². The maximum atomic E-state index is 9.37. The van der Waals surface area contributed by atoms with Gasteiger partial charge in [0.15, 0.2) is 0 Å². The van der Waals surface area contributed by atoms with Gasteiger partial charge in [-0.25, -0.2) is 0 Å². The summed E-state index contributed by atoms with van der Waals surface area (Å²) in [5.41, 5.74) is 0. The zero-order valence-corrected chi connectivity index (χ0v) is 6.80. The molecule has 1 aliphatic rings. The molecule has 11 heavy (non-hydrogen) atoms. The van der Waals surface area contributed by atoms with Crippen molar-refractivity contribution in [3.8, 4) is 0 Å². The van der Waals surface area contributed by atoms with Crippen molar-refractivity contribution < 1.29 is 14.6 Å². The predicted octanol–water partition coefficient (Wildman–Crippen LogP) is 0.0872. The van der Waals surface area contributed by atoms with Crippen molar-refractivity contribution in [3.63, 3.8) is 0 Å². The van der Waals surface area contributed by atoms with Gasteiger partial charge in [-0.15, -0.1) is 0 Å². The van der Waals surface area contributed by atoms with E-state index in [1.54, 1.807) is 6.92 Å². The molecule has 1 aliphatic heterocycles. The summed E-state index contributed by atoms with van der Waals surface area (Å²) in [7, 11) is 0. The van der Waals surface area contributed by atoms with Gasteiger partial charge in [-0.05, 0) is 0 Å². The molecule has 0 saturated carbocycles. The first kappa shape index (κ1) is 10.4. The Morgan fingerprint density at radius 1 is 1.55 bits per heavy atom. The Bertz CT molecular complexity index is 90.3. The van der Waals surface area contributed by atoms with E-state index in [-0.39, 0.29) is 6.42 Å². The Kier molecular flexibility index (Phi) is 7.08. The van der Waals surface area contributed by atoms with Crippen LogP contribution in [-0.4, -0.2) is 37.4 Å². The molecule has 0 aliphatic carbocycles. The summed E-state index contributed by atoms with van der Waals surface area (Å²) in [6.07, 6.45) is 0.222. The van der Waals surface area contributed by atoms with Crippen molar-refractivity contribution in [1.29, 1.82) is 0 Å². The minimum absolute atomic E-state index is 0.222. The molecule has 4 nitrogen and oxygen atoms in total. The third-order valence-electron chi connectivity index (χ3n) is 1.15. The van der Waals surface area contributed by atoms with Crippen LogP contribution in [0.15, 0.2) is 0 Å². The standard InChI is InChI=1S/C4H9NO.C3H6O2/c1-3-6-4-2-5-1;1-2-3(4)5/h5H,1-4H2;2H2,1H3,(H,4,5). The van der Waals surface area contributed by atoms with E-state index in [1.165, 1.54) is 0 Å². The summed E-state index contributed by atoms with van der Waals surface area (Å²) >= 11 is 0. The van der Waals surface area contributed by atoms with Crippen molar-refractivity contribution in [3.05, 3.63) is 0 Å². The second kappa shape index (κ2) is 7.50. The Labute approximate surface area is 66.5 Å². The van der Waals surface area contributed by atoms with Gasteiger partial charge in [0.2, 0.25) is 0 Å². The fraction of sp³-hybridized carbons (Fsp3) is 0.857. The molecule has 0 aromatic heterocycles. The number of ether oxygens (including phenoxy) is 1. The molecule has 0 unspecified atom stereocenters. The fourth-order valence-corrected chi connectivity index (χ4v) is 0.516. The predicted molar refractivity (Wildman–Crippen MR) is 41.6 cm³/mol. The van der Waals surface area contributed by atoms with Crippen LogP contribution in [0.1, 0.15) is 13.3 Å². The molecule has 0 bridgehead atoms. The number of carboxylic acid groups (broad SMARTS) is 1. The highest BCUT2D eigenvalue weighted by Crippen LogP contribution is 1.76. The van der Waals surface area contributed by atoms with Gasteiger partial charge < -0.3 is 15.2 Å². The number of aliphatic carboxylic acids is 1. The molecule has 0 aromatic carbocycles. The molecular weight excluding hydrogens is 146 g/mol. The van der Waals surface area contributed by atoms with Gasteiger partial charge in [-0.1, -0.05) is 6.92 Å². The Morgan fingerprint density at radius 2 is 2.00 bits per heavy atom. The zero-order valence-electron chi connectivity index (χ0n) is 6.80. The summed E-state index contributed by atoms with van der Waals surface area (Å²) in [5, 5.41) is 10.9. The lowest BCUT2D eigenvalue weighted by Gasteiger charge is -2.10. The smallest absolute Gasteiger partial charge is 0.303 e. The van der Waals surface area contributed by atoms with Gasteiger partial charge in [-0.2, -0.15) is 0 Å². The van der Waals surface area contributed by atoms with Crippen molar-refractivity contribution >= 4 is 5.97 Å². The van der Waals surface area contributed by atoms with Crippen LogP contribution in [0.4, 0.5) is 0 Å². The summed E-state index contributed by atoms with van der Waals surface area (Å²) in [5.74, 6) is -0.745. The van der Waals surface area contributed by atoms with Crippen LogP contribution < -0.4 is 5.32 Å². The van der Waals surface area contributed by atoms with E-state index in [9.17, 15) is 4.79 Å². The summed E-state index contributed by atoms with van der Waals surface area (Å²) < 4.78 is 5.01. The lowest BCUT2D eigenvalue weighted by atomic mass is 10.5. The minimum Gasteiger partial charge on any atom is -0.481 e. The number of carbonyl (C=O) groups is 1. The number of hydrogen-bond donors (Lipinski definition) is 2. The third-order valence-corrected chi connectivity index (χ3v) is 1.15. The molecule has 0 radical (unpaired) electrons. The zero-order chi connectivity index (χ0) is 8.53. The van der Waals surface area contributed by atoms with Crippen LogP contribution in [0.3, 0.4) is 0 Å². The van der Waals surface area contributed by atoms with E-state index < -0.39 is 5.97 Å². The lowest BCUT2D eigenvalue weighted by Crippen LogP contribution is -2.30. The van der Waals surface area contributed by atoms with Crippen LogP contribution in [0, 0.1) is 0 Å². The SMILES string of the molecule is C1COCCN1.CCC(=O)O. The second-order valence-electron chi connectivity index (χ2n) is 2.11. The third kappa shape index (κ3) is 9.39. The molecule has 66 valence electrons. The van der Waals surface area contributed by atoms with E-state index in [0.29, 0.717) is 0 Å². The first-order valence-electron chi connectivity index (χ1n) is 3.77. The summed E-state index contributed by atoms with van der Waals surface area (Å²) in [6.45, 7) is 5.43. The molecule has 0 atom stereocenters. The molecular formula is C7H15NO3. The highest BCUT2D eigenvalue weighted by atomic mass is 16.5. The summed E-state index contributed by atoms with van der Waals surface area (Å²) in [4.78, 5) is 9.37. The van der Waals surface area contributed by atoms with Crippen LogP contribution >= 0.6 is 0 Å². The van der Waals surface area contributed by atoms with Crippen LogP contribution in [-0.2, 0) is 9.53 Å². The van der Waals surface area contributed by atoms with Gasteiger partial charge >= 0.3 is 5.97 Å². The van der Waals surface area contributed by atoms with Gasteiger partial charge in [0.25, 0.3) is 0 Å². The van der Waals surface area contributed by atoms with E-state index >= 15 is 0 Å². The van der Waals surface area contributed by atoms with Gasteiger partial charge in [0.1, 0.15) is 0 Å². The molecule has 2 N–H and O–H groups in total.